The molecule has 38 heavy (non-hydrogen) atoms. The molecule has 0 aliphatic carbocycles. The van der Waals surface area contributed by atoms with Gasteiger partial charge in [0, 0.05) is 24.6 Å². The summed E-state index contributed by atoms with van der Waals surface area (Å²) >= 11 is 1.23. The minimum absolute atomic E-state index is 0.0392. The molecule has 3 heterocycles. The maximum absolute atomic E-state index is 13.5. The summed E-state index contributed by atoms with van der Waals surface area (Å²) in [6.45, 7) is 2.16. The molecule has 0 unspecified atom stereocenters. The number of carbonyl (C=O) groups excluding carboxylic acids is 2. The lowest BCUT2D eigenvalue weighted by atomic mass is 9.98. The van der Waals surface area contributed by atoms with Crippen molar-refractivity contribution in [2.75, 3.05) is 12.1 Å². The molecule has 0 fully saturated rings. The van der Waals surface area contributed by atoms with Crippen molar-refractivity contribution in [1.29, 1.82) is 0 Å². The predicted molar refractivity (Wildman–Crippen MR) is 143 cm³/mol. The van der Waals surface area contributed by atoms with Crippen LogP contribution in [0.15, 0.2) is 76.8 Å². The van der Waals surface area contributed by atoms with Gasteiger partial charge in [0.1, 0.15) is 11.1 Å². The topological polar surface area (TPSA) is 92.6 Å². The number of aliphatic imine (C=N–C) groups is 1. The number of amides is 2. The number of thioether (sulfide) groups is 1. The summed E-state index contributed by atoms with van der Waals surface area (Å²) in [5, 5.41) is 9.14. The number of aryl methyl sites for hydroxylation is 1. The Balaban J connectivity index is 1.19. The van der Waals surface area contributed by atoms with Gasteiger partial charge in [-0.2, -0.15) is 10.1 Å². The minimum atomic E-state index is -0.664. The average Bonchev–Trinajstić information content (AvgIpc) is 3.63. The van der Waals surface area contributed by atoms with Crippen molar-refractivity contribution in [3.05, 3.63) is 89.2 Å². The maximum atomic E-state index is 13.5. The first-order valence-electron chi connectivity index (χ1n) is 12.1. The molecule has 0 saturated carbocycles. The van der Waals surface area contributed by atoms with Crippen LogP contribution in [0.1, 0.15) is 35.6 Å². The van der Waals surface area contributed by atoms with Gasteiger partial charge in [-0.15, -0.1) is 0 Å². The first-order valence-corrected chi connectivity index (χ1v) is 13.0. The number of ether oxygens (including phenoxy) is 2. The van der Waals surface area contributed by atoms with Gasteiger partial charge in [0.05, 0.1) is 11.8 Å². The molecule has 8 nitrogen and oxygen atoms in total. The quantitative estimate of drug-likeness (QED) is 0.497. The van der Waals surface area contributed by atoms with E-state index in [1.54, 1.807) is 35.3 Å². The van der Waals surface area contributed by atoms with Gasteiger partial charge in [0.15, 0.2) is 16.7 Å². The van der Waals surface area contributed by atoms with Gasteiger partial charge in [-0.3, -0.25) is 9.59 Å². The first kappa shape index (κ1) is 24.2. The minimum Gasteiger partial charge on any atom is -0.454 e. The van der Waals surface area contributed by atoms with E-state index in [2.05, 4.69) is 10.3 Å². The lowest BCUT2D eigenvalue weighted by Crippen LogP contribution is -2.25. The second kappa shape index (κ2) is 9.94. The van der Waals surface area contributed by atoms with Gasteiger partial charge in [-0.25, -0.2) is 9.40 Å². The van der Waals surface area contributed by atoms with Crippen LogP contribution in [0.3, 0.4) is 0 Å². The van der Waals surface area contributed by atoms with Gasteiger partial charge in [-0.05, 0) is 42.3 Å². The molecule has 10 heteroatoms. The number of halogens is 1. The Bertz CT molecular complexity index is 1470. The highest BCUT2D eigenvalue weighted by Crippen LogP contribution is 2.39. The lowest BCUT2D eigenvalue weighted by Gasteiger charge is -2.23. The van der Waals surface area contributed by atoms with E-state index in [1.807, 2.05) is 31.2 Å². The largest absolute Gasteiger partial charge is 0.454 e. The van der Waals surface area contributed by atoms with Crippen LogP contribution < -0.4 is 14.8 Å². The standard InChI is InChI=1S/C28H23FN4O4S/c1-16-2-4-18(5-3-16)22-13-21(17-6-8-19(29)9-7-17)32-33(22)28-31-27(35)25(38-28)14-26(34)30-20-10-11-23-24(12-20)37-15-36-23/h2-12,22,25H,13-15H2,1H3,(H,30,34)/t22-,25-/m0/s1. The number of fused-ring (bicyclic) bond motifs is 1. The van der Waals surface area contributed by atoms with Crippen LogP contribution >= 0.6 is 11.8 Å². The summed E-state index contributed by atoms with van der Waals surface area (Å²) in [6.07, 6.45) is 0.528. The van der Waals surface area contributed by atoms with E-state index in [0.717, 1.165) is 22.4 Å². The highest BCUT2D eigenvalue weighted by molar-refractivity contribution is 8.15. The third kappa shape index (κ3) is 4.87. The number of hydrogen-bond donors (Lipinski definition) is 1. The Morgan fingerprint density at radius 3 is 2.63 bits per heavy atom. The monoisotopic (exact) mass is 530 g/mol. The van der Waals surface area contributed by atoms with Crippen LogP contribution in [0.5, 0.6) is 11.5 Å². The number of nitrogens with zero attached hydrogens (tertiary/aromatic N) is 3. The molecule has 192 valence electrons. The van der Waals surface area contributed by atoms with Gasteiger partial charge >= 0.3 is 0 Å². The fourth-order valence-electron chi connectivity index (χ4n) is 4.51. The van der Waals surface area contributed by atoms with Gasteiger partial charge in [-0.1, -0.05) is 53.7 Å². The molecule has 3 aliphatic heterocycles. The van der Waals surface area contributed by atoms with Crippen LogP contribution in [-0.4, -0.2) is 39.7 Å². The third-order valence-corrected chi connectivity index (χ3v) is 7.64. The zero-order valence-electron chi connectivity index (χ0n) is 20.4. The molecule has 0 saturated heterocycles. The van der Waals surface area contributed by atoms with Crippen LogP contribution in [0.2, 0.25) is 0 Å². The van der Waals surface area contributed by atoms with E-state index in [-0.39, 0.29) is 36.9 Å². The van der Waals surface area contributed by atoms with E-state index >= 15 is 0 Å². The van der Waals surface area contributed by atoms with Crippen molar-refractivity contribution in [2.24, 2.45) is 10.1 Å². The number of hydrazone groups is 1. The van der Waals surface area contributed by atoms with Crippen molar-refractivity contribution in [3.63, 3.8) is 0 Å². The molecule has 2 atom stereocenters. The Kier molecular flexibility index (Phi) is 6.32. The Labute approximate surface area is 222 Å². The van der Waals surface area contributed by atoms with Crippen molar-refractivity contribution in [1.82, 2.24) is 5.01 Å². The highest BCUT2D eigenvalue weighted by Gasteiger charge is 2.39. The molecule has 0 radical (unpaired) electrons. The maximum Gasteiger partial charge on any atom is 0.262 e. The number of amidine groups is 1. The van der Waals surface area contributed by atoms with E-state index in [1.165, 1.54) is 23.9 Å². The summed E-state index contributed by atoms with van der Waals surface area (Å²) in [5.41, 5.74) is 4.30. The number of carbonyl (C=O) groups is 2. The molecule has 3 aromatic rings. The third-order valence-electron chi connectivity index (χ3n) is 6.50. The predicted octanol–water partition coefficient (Wildman–Crippen LogP) is 5.04. The molecule has 0 aromatic heterocycles. The van der Waals surface area contributed by atoms with Crippen molar-refractivity contribution >= 4 is 40.1 Å². The molecule has 0 bridgehead atoms. The molecule has 1 N–H and O–H groups in total. The number of benzene rings is 3. The van der Waals surface area contributed by atoms with Crippen LogP contribution in [0, 0.1) is 12.7 Å². The summed E-state index contributed by atoms with van der Waals surface area (Å²) in [5.74, 6) is 0.183. The lowest BCUT2D eigenvalue weighted by molar-refractivity contribution is -0.121. The Hall–Kier alpha value is -4.18. The first-order chi connectivity index (χ1) is 18.4. The van der Waals surface area contributed by atoms with Crippen LogP contribution in [0.25, 0.3) is 0 Å². The second-order valence-electron chi connectivity index (χ2n) is 9.19. The van der Waals surface area contributed by atoms with Gasteiger partial charge in [0.2, 0.25) is 12.7 Å². The average molecular weight is 531 g/mol. The number of anilines is 1. The number of rotatable bonds is 5. The molecular formula is C28H23FN4O4S. The number of nitrogens with one attached hydrogen (secondary N) is 1. The smallest absolute Gasteiger partial charge is 0.262 e. The summed E-state index contributed by atoms with van der Waals surface area (Å²) in [6, 6.07) is 19.3. The molecule has 3 aliphatic rings. The fourth-order valence-corrected chi connectivity index (χ4v) is 5.57. The van der Waals surface area contributed by atoms with Crippen LogP contribution in [-0.2, 0) is 9.59 Å². The fraction of sp³-hybridized carbons (Fsp3) is 0.214. The van der Waals surface area contributed by atoms with Crippen molar-refractivity contribution in [2.45, 2.75) is 31.1 Å². The highest BCUT2D eigenvalue weighted by atomic mass is 32.2. The molecule has 2 amide bonds. The Morgan fingerprint density at radius 2 is 1.84 bits per heavy atom. The number of hydrogen-bond acceptors (Lipinski definition) is 7. The summed E-state index contributed by atoms with van der Waals surface area (Å²) in [4.78, 5) is 29.8. The van der Waals surface area contributed by atoms with Gasteiger partial charge in [0.25, 0.3) is 5.91 Å². The normalized spacial score (nSPS) is 19.9. The van der Waals surface area contributed by atoms with E-state index in [9.17, 15) is 14.0 Å². The van der Waals surface area contributed by atoms with E-state index in [4.69, 9.17) is 14.6 Å². The van der Waals surface area contributed by atoms with Crippen molar-refractivity contribution in [3.8, 4) is 11.5 Å². The molecular weight excluding hydrogens is 507 g/mol. The second-order valence-corrected chi connectivity index (χ2v) is 10.4. The van der Waals surface area contributed by atoms with Gasteiger partial charge < -0.3 is 14.8 Å². The van der Waals surface area contributed by atoms with E-state index in [0.29, 0.717) is 28.8 Å². The SMILES string of the molecule is Cc1ccc([C@@H]2CC(c3ccc(F)cc3)=NN2C2=NC(=O)[C@H](CC(=O)Nc3ccc4c(c3)OCO4)S2)cc1. The zero-order valence-corrected chi connectivity index (χ0v) is 21.2. The molecule has 0 spiro atoms. The zero-order chi connectivity index (χ0) is 26.2. The molecule has 6 rings (SSSR count). The molecule has 3 aromatic carbocycles. The summed E-state index contributed by atoms with van der Waals surface area (Å²) < 4.78 is 24.2. The summed E-state index contributed by atoms with van der Waals surface area (Å²) in [7, 11) is 0. The van der Waals surface area contributed by atoms with Crippen molar-refractivity contribution < 1.29 is 23.5 Å². The Morgan fingerprint density at radius 1 is 1.08 bits per heavy atom. The van der Waals surface area contributed by atoms with Crippen LogP contribution in [0.4, 0.5) is 10.1 Å². The van der Waals surface area contributed by atoms with E-state index < -0.39 is 5.25 Å².